The monoisotopic (exact) mass is 357 g/mol. The van der Waals surface area contributed by atoms with E-state index in [1.165, 1.54) is 0 Å². The summed E-state index contributed by atoms with van der Waals surface area (Å²) in [6.45, 7) is 2.39. The predicted molar refractivity (Wildman–Crippen MR) is 89.5 cm³/mol. The molecule has 2 heterocycles. The van der Waals surface area contributed by atoms with Gasteiger partial charge in [-0.1, -0.05) is 0 Å². The summed E-state index contributed by atoms with van der Waals surface area (Å²) in [5, 5.41) is 2.70. The number of morpholine rings is 1. The highest BCUT2D eigenvalue weighted by Gasteiger charge is 2.19. The van der Waals surface area contributed by atoms with Crippen molar-refractivity contribution in [2.75, 3.05) is 44.1 Å². The van der Waals surface area contributed by atoms with Crippen molar-refractivity contribution in [1.29, 1.82) is 0 Å². The van der Waals surface area contributed by atoms with E-state index in [-0.39, 0.29) is 43.9 Å². The second kappa shape index (κ2) is 8.07. The smallest absolute Gasteiger partial charge is 0.231 e. The maximum absolute atomic E-state index is 12.0. The molecule has 1 aromatic carbocycles. The van der Waals surface area contributed by atoms with Gasteiger partial charge in [0.1, 0.15) is 0 Å². The number of benzene rings is 1. The maximum Gasteiger partial charge on any atom is 0.231 e. The fourth-order valence-corrected chi connectivity index (χ4v) is 2.47. The van der Waals surface area contributed by atoms with Gasteiger partial charge in [0.15, 0.2) is 11.5 Å². The summed E-state index contributed by atoms with van der Waals surface area (Å²) in [5.41, 5.74) is 6.72. The molecule has 0 aliphatic carbocycles. The summed E-state index contributed by atoms with van der Waals surface area (Å²) in [5.74, 6) is 0.793. The summed E-state index contributed by atoms with van der Waals surface area (Å²) in [7, 11) is 0. The molecule has 0 radical (unpaired) electrons. The molecule has 1 fully saturated rings. The lowest BCUT2D eigenvalue weighted by Gasteiger charge is -2.26. The molecule has 0 atom stereocenters. The Labute approximate surface area is 145 Å². The fourth-order valence-electron chi connectivity index (χ4n) is 2.47. The number of nitrogen functional groups attached to an aromatic ring is 1. The number of nitrogens with two attached hydrogens (primary N) is 1. The Balaban J connectivity index is 0.00000208. The van der Waals surface area contributed by atoms with Crippen LogP contribution in [-0.2, 0) is 14.3 Å². The van der Waals surface area contributed by atoms with E-state index in [1.54, 1.807) is 17.0 Å². The normalized spacial score (nSPS) is 15.6. The van der Waals surface area contributed by atoms with E-state index in [1.807, 2.05) is 0 Å². The van der Waals surface area contributed by atoms with Crippen molar-refractivity contribution < 1.29 is 23.8 Å². The second-order valence-corrected chi connectivity index (χ2v) is 5.33. The summed E-state index contributed by atoms with van der Waals surface area (Å²) in [6, 6.07) is 3.23. The molecule has 9 heteroatoms. The van der Waals surface area contributed by atoms with Gasteiger partial charge in [-0.3, -0.25) is 9.59 Å². The molecule has 24 heavy (non-hydrogen) atoms. The highest BCUT2D eigenvalue weighted by molar-refractivity contribution is 5.96. The molecular formula is C15H20ClN3O5. The molecule has 1 aromatic rings. The molecule has 2 aliphatic rings. The third-order valence-corrected chi connectivity index (χ3v) is 3.75. The molecule has 2 amide bonds. The van der Waals surface area contributed by atoms with Gasteiger partial charge in [0.2, 0.25) is 18.6 Å². The average Bonchev–Trinajstić information content (AvgIpc) is 3.01. The van der Waals surface area contributed by atoms with Crippen molar-refractivity contribution in [3.05, 3.63) is 12.1 Å². The van der Waals surface area contributed by atoms with Crippen molar-refractivity contribution in [2.24, 2.45) is 0 Å². The highest BCUT2D eigenvalue weighted by atomic mass is 35.5. The largest absolute Gasteiger partial charge is 0.454 e. The fraction of sp³-hybridized carbons (Fsp3) is 0.467. The van der Waals surface area contributed by atoms with E-state index in [0.29, 0.717) is 49.2 Å². The lowest BCUT2D eigenvalue weighted by molar-refractivity contribution is -0.136. The van der Waals surface area contributed by atoms with Crippen LogP contribution in [0.5, 0.6) is 11.5 Å². The number of rotatable bonds is 4. The van der Waals surface area contributed by atoms with Gasteiger partial charge in [0.05, 0.1) is 24.6 Å². The first kappa shape index (κ1) is 18.2. The van der Waals surface area contributed by atoms with Crippen LogP contribution in [0.25, 0.3) is 0 Å². The van der Waals surface area contributed by atoms with Gasteiger partial charge >= 0.3 is 0 Å². The van der Waals surface area contributed by atoms with Gasteiger partial charge in [-0.05, 0) is 0 Å². The Morgan fingerprint density at radius 3 is 2.50 bits per heavy atom. The van der Waals surface area contributed by atoms with E-state index < -0.39 is 0 Å². The minimum Gasteiger partial charge on any atom is -0.454 e. The number of halogens is 1. The van der Waals surface area contributed by atoms with Crippen molar-refractivity contribution in [1.82, 2.24) is 4.90 Å². The zero-order valence-corrected chi connectivity index (χ0v) is 13.9. The second-order valence-electron chi connectivity index (χ2n) is 5.33. The predicted octanol–water partition coefficient (Wildman–Crippen LogP) is 0.997. The number of hydrogen-bond donors (Lipinski definition) is 2. The lowest BCUT2D eigenvalue weighted by atomic mass is 10.2. The van der Waals surface area contributed by atoms with Gasteiger partial charge in [0.25, 0.3) is 0 Å². The Bertz CT molecular complexity index is 619. The number of ether oxygens (including phenoxy) is 3. The molecule has 0 saturated carbocycles. The van der Waals surface area contributed by atoms with Gasteiger partial charge in [-0.2, -0.15) is 0 Å². The van der Waals surface area contributed by atoms with Gasteiger partial charge < -0.3 is 30.2 Å². The summed E-state index contributed by atoms with van der Waals surface area (Å²) < 4.78 is 15.7. The molecule has 3 N–H and O–H groups in total. The third kappa shape index (κ3) is 4.21. The molecule has 2 aliphatic heterocycles. The van der Waals surface area contributed by atoms with Gasteiger partial charge in [-0.25, -0.2) is 0 Å². The van der Waals surface area contributed by atoms with Crippen molar-refractivity contribution in [3.63, 3.8) is 0 Å². The molecule has 0 unspecified atom stereocenters. The summed E-state index contributed by atoms with van der Waals surface area (Å²) in [6.07, 6.45) is 0.264. The number of anilines is 2. The Kier molecular flexibility index (Phi) is 6.10. The van der Waals surface area contributed by atoms with Crippen LogP contribution in [0.2, 0.25) is 0 Å². The highest BCUT2D eigenvalue weighted by Crippen LogP contribution is 2.38. The van der Waals surface area contributed by atoms with Crippen LogP contribution >= 0.6 is 12.4 Å². The maximum atomic E-state index is 12.0. The van der Waals surface area contributed by atoms with Crippen LogP contribution in [0, 0.1) is 0 Å². The molecule has 1 saturated heterocycles. The molecule has 0 aromatic heterocycles. The van der Waals surface area contributed by atoms with Crippen LogP contribution in [0.4, 0.5) is 11.4 Å². The standard InChI is InChI=1S/C15H19N3O5.ClH/c16-10-7-12-13(23-9-22-12)8-11(10)17-14(19)1-2-15(20)18-3-5-21-6-4-18;/h7-8H,1-6,9,16H2,(H,17,19);1H. The minimum absolute atomic E-state index is 0. The molecule has 8 nitrogen and oxygen atoms in total. The van der Waals surface area contributed by atoms with Crippen LogP contribution in [0.15, 0.2) is 12.1 Å². The van der Waals surface area contributed by atoms with Crippen LogP contribution in [0.3, 0.4) is 0 Å². The van der Waals surface area contributed by atoms with E-state index in [2.05, 4.69) is 5.32 Å². The Morgan fingerprint density at radius 2 is 1.79 bits per heavy atom. The van der Waals surface area contributed by atoms with E-state index >= 15 is 0 Å². The molecular weight excluding hydrogens is 338 g/mol. The van der Waals surface area contributed by atoms with E-state index in [4.69, 9.17) is 19.9 Å². The van der Waals surface area contributed by atoms with E-state index in [0.717, 1.165) is 0 Å². The van der Waals surface area contributed by atoms with Crippen molar-refractivity contribution in [3.8, 4) is 11.5 Å². The number of carbonyl (C=O) groups is 2. The molecule has 132 valence electrons. The van der Waals surface area contributed by atoms with E-state index in [9.17, 15) is 9.59 Å². The lowest BCUT2D eigenvalue weighted by Crippen LogP contribution is -2.40. The first-order chi connectivity index (χ1) is 11.1. The Hall–Kier alpha value is -2.19. The quantitative estimate of drug-likeness (QED) is 0.779. The third-order valence-electron chi connectivity index (χ3n) is 3.75. The average molecular weight is 358 g/mol. The Morgan fingerprint density at radius 1 is 1.12 bits per heavy atom. The number of carbonyl (C=O) groups excluding carboxylic acids is 2. The minimum atomic E-state index is -0.267. The van der Waals surface area contributed by atoms with Gasteiger partial charge in [0, 0.05) is 38.1 Å². The van der Waals surface area contributed by atoms with Crippen LogP contribution < -0.4 is 20.5 Å². The number of amides is 2. The number of fused-ring (bicyclic) bond motifs is 1. The number of nitrogens with one attached hydrogen (secondary N) is 1. The zero-order valence-electron chi connectivity index (χ0n) is 13.1. The number of hydrogen-bond acceptors (Lipinski definition) is 6. The molecule has 0 spiro atoms. The number of nitrogens with zero attached hydrogens (tertiary/aromatic N) is 1. The topological polar surface area (TPSA) is 103 Å². The molecule has 3 rings (SSSR count). The first-order valence-electron chi connectivity index (χ1n) is 7.48. The van der Waals surface area contributed by atoms with Gasteiger partial charge in [-0.15, -0.1) is 12.4 Å². The van der Waals surface area contributed by atoms with Crippen molar-refractivity contribution in [2.45, 2.75) is 12.8 Å². The summed E-state index contributed by atoms with van der Waals surface area (Å²) >= 11 is 0. The molecule has 0 bridgehead atoms. The first-order valence-corrected chi connectivity index (χ1v) is 7.48. The summed E-state index contributed by atoms with van der Waals surface area (Å²) in [4.78, 5) is 25.7. The van der Waals surface area contributed by atoms with Crippen LogP contribution in [0.1, 0.15) is 12.8 Å². The van der Waals surface area contributed by atoms with Crippen molar-refractivity contribution >= 4 is 35.6 Å². The SMILES string of the molecule is Cl.Nc1cc2c(cc1NC(=O)CCC(=O)N1CCOCC1)OCO2. The van der Waals surface area contributed by atoms with Crippen LogP contribution in [-0.4, -0.2) is 49.8 Å². The zero-order chi connectivity index (χ0) is 16.2.